The first kappa shape index (κ1) is 37.0. The quantitative estimate of drug-likeness (QED) is 0.141. The van der Waals surface area contributed by atoms with Crippen molar-refractivity contribution in [2.45, 2.75) is 5.41 Å². The van der Waals surface area contributed by atoms with Gasteiger partial charge in [0.25, 0.3) is 0 Å². The van der Waals surface area contributed by atoms with Gasteiger partial charge in [0.1, 0.15) is 0 Å². The molecule has 1 heteroatoms. The summed E-state index contributed by atoms with van der Waals surface area (Å²) in [5.41, 5.74) is 20.2. The molecule has 1 aliphatic carbocycles. The van der Waals surface area contributed by atoms with E-state index in [2.05, 4.69) is 266 Å². The third-order valence-electron chi connectivity index (χ3n) is 12.6. The van der Waals surface area contributed by atoms with E-state index in [4.69, 9.17) is 0 Å². The molecule has 0 aliphatic heterocycles. The average molecular weight is 790 g/mol. The summed E-state index contributed by atoms with van der Waals surface area (Å²) >= 11 is 0. The monoisotopic (exact) mass is 789 g/mol. The van der Waals surface area contributed by atoms with E-state index in [9.17, 15) is 0 Å². The minimum absolute atomic E-state index is 0.441. The normalized spacial score (nSPS) is 12.3. The van der Waals surface area contributed by atoms with Crippen molar-refractivity contribution in [2.24, 2.45) is 0 Å². The molecule has 0 saturated carbocycles. The van der Waals surface area contributed by atoms with Crippen LogP contribution in [0.4, 0.5) is 17.1 Å². The number of rotatable bonds is 9. The van der Waals surface area contributed by atoms with Crippen LogP contribution in [0.3, 0.4) is 0 Å². The molecule has 0 amide bonds. The van der Waals surface area contributed by atoms with Crippen molar-refractivity contribution < 1.29 is 0 Å². The molecule has 0 atom stereocenters. The molecule has 10 aromatic carbocycles. The Morgan fingerprint density at radius 3 is 0.968 bits per heavy atom. The van der Waals surface area contributed by atoms with Gasteiger partial charge >= 0.3 is 0 Å². The number of benzene rings is 10. The fraction of sp³-hybridized carbons (Fsp3) is 0.0164. The SMILES string of the molecule is c1ccc(-c2ccc(-c3ccc(N(c4ccc(-c5ccccc5)cc4)c4ccc(-c5ccc6c(c5)C(c5ccccc5)(c5ccccc5)c5ccccc5-6)cc4)cc3)cc2)cc1. The van der Waals surface area contributed by atoms with Crippen molar-refractivity contribution >= 4 is 17.1 Å². The lowest BCUT2D eigenvalue weighted by Gasteiger charge is -2.34. The fourth-order valence-corrected chi connectivity index (χ4v) is 9.60. The molecule has 292 valence electrons. The van der Waals surface area contributed by atoms with Gasteiger partial charge in [0, 0.05) is 17.1 Å². The predicted molar refractivity (Wildman–Crippen MR) is 260 cm³/mol. The lowest BCUT2D eigenvalue weighted by Crippen LogP contribution is -2.28. The highest BCUT2D eigenvalue weighted by molar-refractivity contribution is 5.89. The maximum atomic E-state index is 2.44. The molecule has 0 bridgehead atoms. The molecule has 0 heterocycles. The van der Waals surface area contributed by atoms with Gasteiger partial charge in [-0.25, -0.2) is 0 Å². The van der Waals surface area contributed by atoms with Crippen molar-refractivity contribution in [3.63, 3.8) is 0 Å². The molecule has 0 unspecified atom stereocenters. The third-order valence-corrected chi connectivity index (χ3v) is 12.6. The Kier molecular flexibility index (Phi) is 9.48. The van der Waals surface area contributed by atoms with Crippen LogP contribution in [0.15, 0.2) is 261 Å². The summed E-state index contributed by atoms with van der Waals surface area (Å²) in [4.78, 5) is 2.36. The highest BCUT2D eigenvalue weighted by Gasteiger charge is 2.46. The maximum absolute atomic E-state index is 2.44. The fourth-order valence-electron chi connectivity index (χ4n) is 9.60. The molecule has 0 radical (unpaired) electrons. The first-order chi connectivity index (χ1) is 30.7. The van der Waals surface area contributed by atoms with E-state index in [1.165, 1.54) is 77.9 Å². The van der Waals surface area contributed by atoms with Crippen molar-refractivity contribution in [3.8, 4) is 55.6 Å². The van der Waals surface area contributed by atoms with Crippen LogP contribution in [0, 0.1) is 0 Å². The zero-order valence-electron chi connectivity index (χ0n) is 34.3. The van der Waals surface area contributed by atoms with Crippen LogP contribution >= 0.6 is 0 Å². The van der Waals surface area contributed by atoms with Crippen LogP contribution in [0.25, 0.3) is 55.6 Å². The molecule has 11 rings (SSSR count). The zero-order valence-corrected chi connectivity index (χ0v) is 34.3. The van der Waals surface area contributed by atoms with Gasteiger partial charge in [-0.15, -0.1) is 0 Å². The minimum atomic E-state index is -0.441. The zero-order chi connectivity index (χ0) is 41.3. The summed E-state index contributed by atoms with van der Waals surface area (Å²) in [6.07, 6.45) is 0. The van der Waals surface area contributed by atoms with Gasteiger partial charge in [0.2, 0.25) is 0 Å². The topological polar surface area (TPSA) is 3.24 Å². The molecule has 1 nitrogen and oxygen atoms in total. The Bertz CT molecular complexity index is 3060. The van der Waals surface area contributed by atoms with E-state index in [-0.39, 0.29) is 0 Å². The average Bonchev–Trinajstić information content (AvgIpc) is 3.66. The molecule has 0 spiro atoms. The molecule has 0 saturated heterocycles. The summed E-state index contributed by atoms with van der Waals surface area (Å²) in [7, 11) is 0. The number of hydrogen-bond donors (Lipinski definition) is 0. The van der Waals surface area contributed by atoms with Crippen LogP contribution < -0.4 is 4.90 Å². The summed E-state index contributed by atoms with van der Waals surface area (Å²) in [6.45, 7) is 0. The second-order valence-electron chi connectivity index (χ2n) is 16.1. The Balaban J connectivity index is 0.974. The van der Waals surface area contributed by atoms with E-state index in [0.717, 1.165) is 17.1 Å². The first-order valence-electron chi connectivity index (χ1n) is 21.4. The van der Waals surface area contributed by atoms with E-state index >= 15 is 0 Å². The molecular formula is C61H43N. The Morgan fingerprint density at radius 2 is 0.532 bits per heavy atom. The largest absolute Gasteiger partial charge is 0.311 e. The number of nitrogens with zero attached hydrogens (tertiary/aromatic N) is 1. The van der Waals surface area contributed by atoms with Gasteiger partial charge in [-0.3, -0.25) is 0 Å². The van der Waals surface area contributed by atoms with Crippen molar-refractivity contribution in [2.75, 3.05) is 4.90 Å². The Morgan fingerprint density at radius 1 is 0.226 bits per heavy atom. The summed E-state index contributed by atoms with van der Waals surface area (Å²) < 4.78 is 0. The van der Waals surface area contributed by atoms with E-state index in [1.54, 1.807) is 0 Å². The standard InChI is InChI=1S/C61H43N/c1-5-15-44(16-6-1)46-25-27-47(28-26-46)49-31-38-55(39-32-49)62(54-36-29-48(30-37-54)45-17-7-2-8-18-45)56-40-33-50(34-41-56)51-35-42-58-57-23-13-14-24-59(57)61(60(58)43-51,52-19-9-3-10-20-52)53-21-11-4-12-22-53/h1-43H. The van der Waals surface area contributed by atoms with Crippen LogP contribution in [-0.4, -0.2) is 0 Å². The van der Waals surface area contributed by atoms with Crippen LogP contribution in [0.2, 0.25) is 0 Å². The molecule has 0 N–H and O–H groups in total. The lowest BCUT2D eigenvalue weighted by atomic mass is 9.67. The predicted octanol–water partition coefficient (Wildman–Crippen LogP) is 16.2. The number of fused-ring (bicyclic) bond motifs is 3. The highest BCUT2D eigenvalue weighted by Crippen LogP contribution is 2.56. The van der Waals surface area contributed by atoms with Crippen LogP contribution in [0.5, 0.6) is 0 Å². The molecule has 0 fully saturated rings. The molecule has 62 heavy (non-hydrogen) atoms. The maximum Gasteiger partial charge on any atom is 0.0713 e. The van der Waals surface area contributed by atoms with Crippen molar-refractivity contribution in [1.82, 2.24) is 0 Å². The second-order valence-corrected chi connectivity index (χ2v) is 16.1. The van der Waals surface area contributed by atoms with E-state index in [1.807, 2.05) is 0 Å². The summed E-state index contributed by atoms with van der Waals surface area (Å²) in [6, 6.07) is 95.0. The van der Waals surface area contributed by atoms with Crippen molar-refractivity contribution in [1.29, 1.82) is 0 Å². The van der Waals surface area contributed by atoms with Gasteiger partial charge < -0.3 is 4.90 Å². The van der Waals surface area contributed by atoms with Gasteiger partial charge in [0.05, 0.1) is 5.41 Å². The Labute approximate surface area is 364 Å². The van der Waals surface area contributed by atoms with Crippen LogP contribution in [-0.2, 0) is 5.41 Å². The van der Waals surface area contributed by atoms with Gasteiger partial charge in [0.15, 0.2) is 0 Å². The number of anilines is 3. The minimum Gasteiger partial charge on any atom is -0.311 e. The molecular weight excluding hydrogens is 747 g/mol. The molecule has 10 aromatic rings. The van der Waals surface area contributed by atoms with Gasteiger partial charge in [-0.2, -0.15) is 0 Å². The Hall–Kier alpha value is -8.00. The smallest absolute Gasteiger partial charge is 0.0713 e. The second kappa shape index (κ2) is 15.9. The van der Waals surface area contributed by atoms with E-state index < -0.39 is 5.41 Å². The van der Waals surface area contributed by atoms with Crippen LogP contribution in [0.1, 0.15) is 22.3 Å². The van der Waals surface area contributed by atoms with Gasteiger partial charge in [-0.05, 0) is 120 Å². The first-order valence-corrected chi connectivity index (χ1v) is 21.4. The molecule has 1 aliphatic rings. The summed E-state index contributed by atoms with van der Waals surface area (Å²) in [5, 5.41) is 0. The molecule has 0 aromatic heterocycles. The van der Waals surface area contributed by atoms with Gasteiger partial charge in [-0.1, -0.05) is 218 Å². The summed E-state index contributed by atoms with van der Waals surface area (Å²) in [5.74, 6) is 0. The lowest BCUT2D eigenvalue weighted by molar-refractivity contribution is 0.769. The highest BCUT2D eigenvalue weighted by atomic mass is 15.1. The number of hydrogen-bond acceptors (Lipinski definition) is 1. The van der Waals surface area contributed by atoms with Crippen molar-refractivity contribution in [3.05, 3.63) is 283 Å². The van der Waals surface area contributed by atoms with E-state index in [0.29, 0.717) is 0 Å². The third kappa shape index (κ3) is 6.52.